The zero-order valence-corrected chi connectivity index (χ0v) is 13.1. The molecule has 3 N–H and O–H groups in total. The number of carbonyl (C=O) groups is 1. The van der Waals surface area contributed by atoms with Crippen LogP contribution >= 0.6 is 0 Å². The smallest absolute Gasteiger partial charge is 0.254 e. The fourth-order valence-corrected chi connectivity index (χ4v) is 3.57. The predicted octanol–water partition coefficient (Wildman–Crippen LogP) is 2.09. The number of benzene rings is 1. The number of anilines is 2. The first-order chi connectivity index (χ1) is 11.2. The lowest BCUT2D eigenvalue weighted by atomic mass is 9.88. The zero-order valence-electron chi connectivity index (χ0n) is 13.1. The summed E-state index contributed by atoms with van der Waals surface area (Å²) in [4.78, 5) is 13.1. The van der Waals surface area contributed by atoms with Crippen LogP contribution in [0.4, 0.5) is 11.5 Å². The van der Waals surface area contributed by atoms with Gasteiger partial charge in [0.05, 0.1) is 24.8 Å². The van der Waals surface area contributed by atoms with Gasteiger partial charge < -0.3 is 15.8 Å². The Hall–Kier alpha value is -2.34. The number of nitrogens with one attached hydrogen (secondary N) is 1. The van der Waals surface area contributed by atoms with Gasteiger partial charge in [-0.3, -0.25) is 4.79 Å². The summed E-state index contributed by atoms with van der Waals surface area (Å²) in [7, 11) is 0. The third-order valence-electron chi connectivity index (χ3n) is 4.78. The number of aromatic nitrogens is 2. The molecule has 4 rings (SSSR count). The van der Waals surface area contributed by atoms with Crippen molar-refractivity contribution in [1.29, 1.82) is 0 Å². The van der Waals surface area contributed by atoms with Crippen molar-refractivity contribution in [1.82, 2.24) is 9.78 Å². The Bertz CT molecular complexity index is 781. The van der Waals surface area contributed by atoms with Gasteiger partial charge in [0.1, 0.15) is 5.82 Å². The molecule has 0 radical (unpaired) electrons. The van der Waals surface area contributed by atoms with Crippen LogP contribution in [0.25, 0.3) is 0 Å². The van der Waals surface area contributed by atoms with E-state index in [1.165, 1.54) is 4.68 Å². The van der Waals surface area contributed by atoms with Gasteiger partial charge in [0.25, 0.3) is 5.91 Å². The normalized spacial score (nSPS) is 19.6. The average molecular weight is 312 g/mol. The molecule has 0 saturated heterocycles. The Morgan fingerprint density at radius 2 is 2.35 bits per heavy atom. The Kier molecular flexibility index (Phi) is 3.34. The van der Waals surface area contributed by atoms with E-state index in [0.29, 0.717) is 19.0 Å². The van der Waals surface area contributed by atoms with Crippen LogP contribution in [0.2, 0.25) is 0 Å². The van der Waals surface area contributed by atoms with E-state index in [9.17, 15) is 4.79 Å². The number of nitrogens with zero attached hydrogens (tertiary/aromatic N) is 2. The van der Waals surface area contributed by atoms with E-state index in [-0.39, 0.29) is 11.8 Å². The highest BCUT2D eigenvalue weighted by molar-refractivity contribution is 5.89. The molecule has 0 aliphatic carbocycles. The van der Waals surface area contributed by atoms with E-state index in [1.807, 2.05) is 12.1 Å². The summed E-state index contributed by atoms with van der Waals surface area (Å²) in [6, 6.07) is 6.07. The molecule has 1 atom stereocenters. The molecule has 23 heavy (non-hydrogen) atoms. The molecule has 3 heterocycles. The van der Waals surface area contributed by atoms with Gasteiger partial charge in [-0.15, -0.1) is 5.10 Å². The van der Waals surface area contributed by atoms with E-state index in [1.54, 1.807) is 0 Å². The quantitative estimate of drug-likeness (QED) is 0.842. The van der Waals surface area contributed by atoms with Crippen molar-refractivity contribution in [3.05, 3.63) is 40.6 Å². The number of nitrogens with two attached hydrogens (primary N) is 1. The van der Waals surface area contributed by atoms with E-state index < -0.39 is 0 Å². The first-order valence-electron chi connectivity index (χ1n) is 7.98. The summed E-state index contributed by atoms with van der Waals surface area (Å²) < 4.78 is 6.97. The van der Waals surface area contributed by atoms with E-state index in [4.69, 9.17) is 10.5 Å². The van der Waals surface area contributed by atoms with Crippen molar-refractivity contribution in [2.75, 3.05) is 24.2 Å². The molecular formula is C17H20N4O2. The Labute approximate surface area is 134 Å². The Morgan fingerprint density at radius 3 is 3.22 bits per heavy atom. The van der Waals surface area contributed by atoms with Gasteiger partial charge in [-0.05, 0) is 24.5 Å². The van der Waals surface area contributed by atoms with Gasteiger partial charge in [-0.2, -0.15) is 4.68 Å². The number of aryl methyl sites for hydroxylation is 1. The van der Waals surface area contributed by atoms with E-state index in [2.05, 4.69) is 23.4 Å². The third kappa shape index (κ3) is 2.21. The fraction of sp³-hybridized carbons (Fsp3) is 0.412. The van der Waals surface area contributed by atoms with Crippen molar-refractivity contribution in [2.24, 2.45) is 0 Å². The maximum atomic E-state index is 13.1. The Balaban J connectivity index is 1.76. The van der Waals surface area contributed by atoms with E-state index >= 15 is 0 Å². The van der Waals surface area contributed by atoms with Crippen LogP contribution in [0, 0.1) is 6.92 Å². The molecule has 0 fully saturated rings. The number of hydrogen-bond acceptors (Lipinski definition) is 5. The first kappa shape index (κ1) is 14.3. The molecule has 6 nitrogen and oxygen atoms in total. The molecule has 1 aromatic carbocycles. The third-order valence-corrected chi connectivity index (χ3v) is 4.78. The SMILES string of the molecule is Cc1cccc2c1NCCC2C(=O)n1nc(N)c2c1COCC2. The van der Waals surface area contributed by atoms with Gasteiger partial charge in [0, 0.05) is 24.2 Å². The van der Waals surface area contributed by atoms with Crippen LogP contribution in [-0.4, -0.2) is 28.8 Å². The summed E-state index contributed by atoms with van der Waals surface area (Å²) in [6.07, 6.45) is 1.47. The minimum atomic E-state index is -0.198. The van der Waals surface area contributed by atoms with Crippen molar-refractivity contribution in [2.45, 2.75) is 32.3 Å². The molecular weight excluding hydrogens is 292 g/mol. The molecule has 1 aromatic heterocycles. The second-order valence-corrected chi connectivity index (χ2v) is 6.17. The molecule has 120 valence electrons. The highest BCUT2D eigenvalue weighted by Gasteiger charge is 2.32. The van der Waals surface area contributed by atoms with Gasteiger partial charge >= 0.3 is 0 Å². The van der Waals surface area contributed by atoms with Crippen molar-refractivity contribution < 1.29 is 9.53 Å². The van der Waals surface area contributed by atoms with Crippen molar-refractivity contribution in [3.63, 3.8) is 0 Å². The second-order valence-electron chi connectivity index (χ2n) is 6.17. The van der Waals surface area contributed by atoms with Crippen LogP contribution in [0.5, 0.6) is 0 Å². The van der Waals surface area contributed by atoms with Gasteiger partial charge in [-0.25, -0.2) is 0 Å². The maximum absolute atomic E-state index is 13.1. The number of carbonyl (C=O) groups excluding carboxylic acids is 1. The summed E-state index contributed by atoms with van der Waals surface area (Å²) in [5.74, 6) is 0.239. The fourth-order valence-electron chi connectivity index (χ4n) is 3.57. The van der Waals surface area contributed by atoms with Crippen LogP contribution in [0.3, 0.4) is 0 Å². The maximum Gasteiger partial charge on any atom is 0.254 e. The average Bonchev–Trinajstić information content (AvgIpc) is 2.92. The number of nitrogen functional groups attached to an aromatic ring is 1. The second kappa shape index (κ2) is 5.38. The molecule has 0 amide bonds. The number of rotatable bonds is 1. The van der Waals surface area contributed by atoms with Crippen LogP contribution in [0.1, 0.15) is 39.5 Å². The van der Waals surface area contributed by atoms with Crippen molar-refractivity contribution >= 4 is 17.4 Å². The van der Waals surface area contributed by atoms with Crippen LogP contribution < -0.4 is 11.1 Å². The summed E-state index contributed by atoms with van der Waals surface area (Å²) in [5.41, 5.74) is 11.0. The zero-order chi connectivity index (χ0) is 16.0. The lowest BCUT2D eigenvalue weighted by Gasteiger charge is -2.27. The van der Waals surface area contributed by atoms with E-state index in [0.717, 1.165) is 47.5 Å². The van der Waals surface area contributed by atoms with Crippen LogP contribution in [0.15, 0.2) is 18.2 Å². The lowest BCUT2D eigenvalue weighted by Crippen LogP contribution is -2.29. The first-order valence-corrected chi connectivity index (χ1v) is 7.98. The summed E-state index contributed by atoms with van der Waals surface area (Å²) in [5, 5.41) is 7.71. The standard InChI is InChI=1S/C17H20N4O2/c1-10-3-2-4-11-12(5-7-19-15(10)11)17(22)21-14-9-23-8-6-13(14)16(18)20-21/h2-4,12,19H,5-9H2,1H3,(H2,18,20). The predicted molar refractivity (Wildman–Crippen MR) is 87.7 cm³/mol. The molecule has 6 heteroatoms. The highest BCUT2D eigenvalue weighted by Crippen LogP contribution is 2.35. The number of para-hydroxylation sites is 1. The number of ether oxygens (including phenoxy) is 1. The minimum Gasteiger partial charge on any atom is -0.385 e. The number of hydrogen-bond donors (Lipinski definition) is 2. The molecule has 1 unspecified atom stereocenters. The topological polar surface area (TPSA) is 82.2 Å². The van der Waals surface area contributed by atoms with Gasteiger partial charge in [0.15, 0.2) is 0 Å². The molecule has 0 bridgehead atoms. The van der Waals surface area contributed by atoms with Gasteiger partial charge in [-0.1, -0.05) is 18.2 Å². The van der Waals surface area contributed by atoms with Gasteiger partial charge in [0.2, 0.25) is 0 Å². The summed E-state index contributed by atoms with van der Waals surface area (Å²) in [6.45, 7) is 3.87. The van der Waals surface area contributed by atoms with Crippen LogP contribution in [-0.2, 0) is 17.8 Å². The lowest BCUT2D eigenvalue weighted by molar-refractivity contribution is 0.0797. The summed E-state index contributed by atoms with van der Waals surface area (Å²) >= 11 is 0. The Morgan fingerprint density at radius 1 is 1.48 bits per heavy atom. The molecule has 2 aliphatic heterocycles. The molecule has 0 saturated carbocycles. The largest absolute Gasteiger partial charge is 0.385 e. The number of fused-ring (bicyclic) bond motifs is 2. The molecule has 0 spiro atoms. The highest BCUT2D eigenvalue weighted by atomic mass is 16.5. The minimum absolute atomic E-state index is 0.0169. The molecule has 2 aromatic rings. The van der Waals surface area contributed by atoms with Crippen molar-refractivity contribution in [3.8, 4) is 0 Å². The monoisotopic (exact) mass is 312 g/mol. The molecule has 2 aliphatic rings.